The van der Waals surface area contributed by atoms with Crippen molar-refractivity contribution in [3.63, 3.8) is 0 Å². The van der Waals surface area contributed by atoms with Crippen LogP contribution in [0.1, 0.15) is 19.8 Å². The third kappa shape index (κ3) is 3.59. The number of nitrogens with one attached hydrogen (secondary N) is 1. The normalized spacial score (nSPS) is 30.0. The van der Waals surface area contributed by atoms with E-state index in [2.05, 4.69) is 11.4 Å². The molecule has 1 rings (SSSR count). The van der Waals surface area contributed by atoms with Gasteiger partial charge in [-0.15, -0.1) is 0 Å². The molecule has 5 heteroatoms. The largest absolute Gasteiger partial charge is 0.329 e. The first-order chi connectivity index (χ1) is 7.04. The zero-order valence-electron chi connectivity index (χ0n) is 9.20. The molecule has 0 aromatic heterocycles. The van der Waals surface area contributed by atoms with Crippen LogP contribution < -0.4 is 11.1 Å². The smallest absolute Gasteiger partial charge is 0.152 e. The maximum Gasteiger partial charge on any atom is 0.152 e. The molecule has 3 N–H and O–H groups in total. The number of allylic oxidation sites excluding steroid dienone is 1. The van der Waals surface area contributed by atoms with Crippen LogP contribution in [0.5, 0.6) is 0 Å². The molecule has 0 aromatic rings. The monoisotopic (exact) mass is 232 g/mol. The second kappa shape index (κ2) is 5.09. The van der Waals surface area contributed by atoms with Crippen molar-refractivity contribution >= 4 is 9.84 Å². The highest BCUT2D eigenvalue weighted by Gasteiger charge is 2.40. The summed E-state index contributed by atoms with van der Waals surface area (Å²) in [5.41, 5.74) is 5.29. The third-order valence-corrected chi connectivity index (χ3v) is 4.64. The molecular weight excluding hydrogens is 212 g/mol. The van der Waals surface area contributed by atoms with Crippen molar-refractivity contribution < 1.29 is 8.42 Å². The molecule has 1 unspecified atom stereocenters. The summed E-state index contributed by atoms with van der Waals surface area (Å²) in [6, 6.07) is 0. The average molecular weight is 232 g/mol. The lowest BCUT2D eigenvalue weighted by Crippen LogP contribution is -2.52. The molecule has 0 amide bonds. The predicted molar refractivity (Wildman–Crippen MR) is 62.5 cm³/mol. The van der Waals surface area contributed by atoms with Crippen LogP contribution in [0.4, 0.5) is 0 Å². The Kier molecular flexibility index (Phi) is 4.31. The van der Waals surface area contributed by atoms with Crippen LogP contribution in [-0.4, -0.2) is 38.6 Å². The van der Waals surface area contributed by atoms with Gasteiger partial charge in [-0.1, -0.05) is 12.2 Å². The van der Waals surface area contributed by atoms with E-state index in [0.29, 0.717) is 13.0 Å². The Hall–Kier alpha value is -0.390. The average Bonchev–Trinajstić information content (AvgIpc) is 2.50. The van der Waals surface area contributed by atoms with Gasteiger partial charge < -0.3 is 11.1 Å². The molecule has 15 heavy (non-hydrogen) atoms. The fourth-order valence-electron chi connectivity index (χ4n) is 1.88. The molecular formula is C10H20N2O2S. The summed E-state index contributed by atoms with van der Waals surface area (Å²) in [5, 5.41) is 3.28. The fraction of sp³-hybridized carbons (Fsp3) is 0.800. The number of hydrogen-bond acceptors (Lipinski definition) is 4. The predicted octanol–water partition coefficient (Wildman–Crippen LogP) is 0.0582. The van der Waals surface area contributed by atoms with Gasteiger partial charge in [0, 0.05) is 12.1 Å². The quantitative estimate of drug-likeness (QED) is 0.519. The molecule has 0 aromatic carbocycles. The van der Waals surface area contributed by atoms with Crippen molar-refractivity contribution in [1.82, 2.24) is 5.32 Å². The van der Waals surface area contributed by atoms with Gasteiger partial charge in [0.1, 0.15) is 0 Å². The van der Waals surface area contributed by atoms with E-state index in [0.717, 1.165) is 13.0 Å². The van der Waals surface area contributed by atoms with Crippen molar-refractivity contribution in [2.24, 2.45) is 5.73 Å². The zero-order valence-corrected chi connectivity index (χ0v) is 10.0. The molecule has 1 aliphatic heterocycles. The molecule has 1 heterocycles. The molecule has 0 radical (unpaired) electrons. The first-order valence-corrected chi connectivity index (χ1v) is 7.12. The van der Waals surface area contributed by atoms with Crippen LogP contribution in [0, 0.1) is 0 Å². The molecule has 1 aliphatic rings. The molecule has 0 bridgehead atoms. The van der Waals surface area contributed by atoms with E-state index in [1.54, 1.807) is 0 Å². The molecule has 0 spiro atoms. The lowest BCUT2D eigenvalue weighted by molar-refractivity contribution is 0.376. The summed E-state index contributed by atoms with van der Waals surface area (Å²) in [6.45, 7) is 3.15. The number of rotatable bonds is 5. The van der Waals surface area contributed by atoms with Gasteiger partial charge in [-0.25, -0.2) is 8.42 Å². The van der Waals surface area contributed by atoms with E-state index in [-0.39, 0.29) is 17.0 Å². The van der Waals surface area contributed by atoms with Gasteiger partial charge in [-0.05, 0) is 26.3 Å². The van der Waals surface area contributed by atoms with Crippen molar-refractivity contribution in [2.75, 3.05) is 24.6 Å². The Morgan fingerprint density at radius 3 is 2.73 bits per heavy atom. The maximum absolute atomic E-state index is 11.4. The van der Waals surface area contributed by atoms with Crippen molar-refractivity contribution in [1.29, 1.82) is 0 Å². The highest BCUT2D eigenvalue weighted by atomic mass is 32.2. The summed E-state index contributed by atoms with van der Waals surface area (Å²) in [7, 11) is -2.87. The number of nitrogens with two attached hydrogens (primary N) is 1. The van der Waals surface area contributed by atoms with Gasteiger partial charge in [0.25, 0.3) is 0 Å². The van der Waals surface area contributed by atoms with Crippen molar-refractivity contribution in [3.8, 4) is 0 Å². The lowest BCUT2D eigenvalue weighted by Gasteiger charge is -2.27. The van der Waals surface area contributed by atoms with Crippen LogP contribution >= 0.6 is 0 Å². The minimum Gasteiger partial charge on any atom is -0.329 e. The van der Waals surface area contributed by atoms with Gasteiger partial charge in [0.15, 0.2) is 9.84 Å². The van der Waals surface area contributed by atoms with E-state index in [9.17, 15) is 8.42 Å². The van der Waals surface area contributed by atoms with Crippen LogP contribution in [-0.2, 0) is 9.84 Å². The van der Waals surface area contributed by atoms with E-state index in [4.69, 9.17) is 5.73 Å². The Morgan fingerprint density at radius 1 is 1.53 bits per heavy atom. The highest BCUT2D eigenvalue weighted by Crippen LogP contribution is 2.22. The minimum atomic E-state index is -2.87. The Morgan fingerprint density at radius 2 is 2.27 bits per heavy atom. The second-order valence-electron chi connectivity index (χ2n) is 4.11. The molecule has 4 nitrogen and oxygen atoms in total. The molecule has 1 saturated heterocycles. The van der Waals surface area contributed by atoms with Crippen LogP contribution in [0.3, 0.4) is 0 Å². The summed E-state index contributed by atoms with van der Waals surface area (Å²) >= 11 is 0. The van der Waals surface area contributed by atoms with Gasteiger partial charge in [0.05, 0.1) is 11.5 Å². The SMILES string of the molecule is C/C=C/CCNC1(CN)CCS(=O)(=O)C1. The van der Waals surface area contributed by atoms with Gasteiger partial charge in [0.2, 0.25) is 0 Å². The summed E-state index contributed by atoms with van der Waals surface area (Å²) in [6.07, 6.45) is 5.60. The van der Waals surface area contributed by atoms with Gasteiger partial charge in [-0.2, -0.15) is 0 Å². The lowest BCUT2D eigenvalue weighted by atomic mass is 9.99. The van der Waals surface area contributed by atoms with Crippen LogP contribution in [0.2, 0.25) is 0 Å². The van der Waals surface area contributed by atoms with E-state index in [1.165, 1.54) is 0 Å². The van der Waals surface area contributed by atoms with Gasteiger partial charge >= 0.3 is 0 Å². The van der Waals surface area contributed by atoms with Crippen LogP contribution in [0.25, 0.3) is 0 Å². The molecule has 1 atom stereocenters. The summed E-state index contributed by atoms with van der Waals surface area (Å²) in [4.78, 5) is 0. The Labute approximate surface area is 91.8 Å². The third-order valence-electron chi connectivity index (χ3n) is 2.83. The van der Waals surface area contributed by atoms with Crippen molar-refractivity contribution in [3.05, 3.63) is 12.2 Å². The number of hydrogen-bond donors (Lipinski definition) is 2. The molecule has 88 valence electrons. The van der Waals surface area contributed by atoms with Crippen LogP contribution in [0.15, 0.2) is 12.2 Å². The van der Waals surface area contributed by atoms with Gasteiger partial charge in [-0.3, -0.25) is 0 Å². The van der Waals surface area contributed by atoms with E-state index in [1.807, 2.05) is 13.0 Å². The number of sulfone groups is 1. The first kappa shape index (κ1) is 12.7. The van der Waals surface area contributed by atoms with Crippen molar-refractivity contribution in [2.45, 2.75) is 25.3 Å². The topological polar surface area (TPSA) is 72.2 Å². The Balaban J connectivity index is 2.49. The first-order valence-electron chi connectivity index (χ1n) is 5.30. The Bertz CT molecular complexity index is 324. The second-order valence-corrected chi connectivity index (χ2v) is 6.30. The summed E-state index contributed by atoms with van der Waals surface area (Å²) < 4.78 is 22.8. The van der Waals surface area contributed by atoms with E-state index < -0.39 is 9.84 Å². The zero-order chi connectivity index (χ0) is 11.4. The standard InChI is InChI=1S/C10H20N2O2S/c1-2-3-4-6-12-10(8-11)5-7-15(13,14)9-10/h2-3,12H,4-9,11H2,1H3/b3-2+. The minimum absolute atomic E-state index is 0.187. The fourth-order valence-corrected chi connectivity index (χ4v) is 3.93. The highest BCUT2D eigenvalue weighted by molar-refractivity contribution is 7.91. The molecule has 0 aliphatic carbocycles. The maximum atomic E-state index is 11.4. The molecule has 1 fully saturated rings. The summed E-state index contributed by atoms with van der Waals surface area (Å²) in [5.74, 6) is 0.452. The van der Waals surface area contributed by atoms with E-state index >= 15 is 0 Å². The molecule has 0 saturated carbocycles.